The molecular formula is C9H16F3N. The molecule has 1 aliphatic rings. The predicted molar refractivity (Wildman–Crippen MR) is 45.4 cm³/mol. The van der Waals surface area contributed by atoms with Gasteiger partial charge >= 0.3 is 6.18 Å². The Balaban J connectivity index is 2.30. The van der Waals surface area contributed by atoms with E-state index < -0.39 is 12.1 Å². The van der Waals surface area contributed by atoms with Crippen molar-refractivity contribution in [3.05, 3.63) is 0 Å². The summed E-state index contributed by atoms with van der Waals surface area (Å²) in [6.45, 7) is 2.98. The van der Waals surface area contributed by atoms with Crippen molar-refractivity contribution in [2.75, 3.05) is 13.1 Å². The van der Waals surface area contributed by atoms with Crippen molar-refractivity contribution in [1.29, 1.82) is 0 Å². The average molecular weight is 195 g/mol. The van der Waals surface area contributed by atoms with E-state index in [1.54, 1.807) is 0 Å². The Bertz CT molecular complexity index is 149. The van der Waals surface area contributed by atoms with Crippen molar-refractivity contribution < 1.29 is 13.2 Å². The lowest BCUT2D eigenvalue weighted by Crippen LogP contribution is -2.33. The van der Waals surface area contributed by atoms with Crippen LogP contribution in [0.5, 0.6) is 0 Å². The van der Waals surface area contributed by atoms with Crippen molar-refractivity contribution in [2.24, 2.45) is 11.8 Å². The van der Waals surface area contributed by atoms with Crippen LogP contribution in [0.1, 0.15) is 26.2 Å². The Morgan fingerprint density at radius 2 is 2.15 bits per heavy atom. The van der Waals surface area contributed by atoms with Crippen LogP contribution in [0.3, 0.4) is 0 Å². The van der Waals surface area contributed by atoms with Crippen LogP contribution in [0.2, 0.25) is 0 Å². The molecule has 1 saturated heterocycles. The molecular weight excluding hydrogens is 179 g/mol. The minimum atomic E-state index is -4.02. The van der Waals surface area contributed by atoms with E-state index in [1.807, 2.05) is 0 Å². The van der Waals surface area contributed by atoms with Crippen molar-refractivity contribution in [2.45, 2.75) is 32.4 Å². The van der Waals surface area contributed by atoms with Gasteiger partial charge in [0.05, 0.1) is 5.92 Å². The molecule has 1 N–H and O–H groups in total. The molecule has 1 heterocycles. The van der Waals surface area contributed by atoms with Gasteiger partial charge in [0.25, 0.3) is 0 Å². The third kappa shape index (κ3) is 3.55. The number of rotatable bonds is 2. The first-order valence-electron chi connectivity index (χ1n) is 4.77. The van der Waals surface area contributed by atoms with E-state index in [-0.39, 0.29) is 12.3 Å². The van der Waals surface area contributed by atoms with Crippen LogP contribution in [0.25, 0.3) is 0 Å². The van der Waals surface area contributed by atoms with E-state index in [9.17, 15) is 13.2 Å². The van der Waals surface area contributed by atoms with Crippen LogP contribution in [0.15, 0.2) is 0 Å². The van der Waals surface area contributed by atoms with Gasteiger partial charge in [-0.15, -0.1) is 0 Å². The quantitative estimate of drug-likeness (QED) is 0.714. The molecule has 0 aromatic heterocycles. The van der Waals surface area contributed by atoms with E-state index in [2.05, 4.69) is 5.32 Å². The predicted octanol–water partition coefficient (Wildman–Crippen LogP) is 2.57. The normalized spacial score (nSPS) is 27.2. The minimum absolute atomic E-state index is 0.213. The van der Waals surface area contributed by atoms with Crippen molar-refractivity contribution in [1.82, 2.24) is 5.32 Å². The van der Waals surface area contributed by atoms with Crippen LogP contribution < -0.4 is 5.32 Å². The summed E-state index contributed by atoms with van der Waals surface area (Å²) in [6, 6.07) is 0. The Labute approximate surface area is 76.7 Å². The standard InChI is InChI=1S/C9H16F3N/c1-7(9(10,11)12)5-8-3-2-4-13-6-8/h7-8,13H,2-6H2,1H3. The van der Waals surface area contributed by atoms with Gasteiger partial charge in [-0.2, -0.15) is 13.2 Å². The molecule has 2 atom stereocenters. The molecule has 1 fully saturated rings. The molecule has 2 unspecified atom stereocenters. The molecule has 0 saturated carbocycles. The fourth-order valence-electron chi connectivity index (χ4n) is 1.76. The third-order valence-corrected chi connectivity index (χ3v) is 2.64. The van der Waals surface area contributed by atoms with Crippen molar-refractivity contribution in [3.8, 4) is 0 Å². The van der Waals surface area contributed by atoms with E-state index in [4.69, 9.17) is 0 Å². The first kappa shape index (κ1) is 10.8. The number of nitrogens with one attached hydrogen (secondary N) is 1. The maximum Gasteiger partial charge on any atom is 0.391 e. The molecule has 0 spiro atoms. The Morgan fingerprint density at radius 1 is 1.46 bits per heavy atom. The van der Waals surface area contributed by atoms with Crippen LogP contribution in [0, 0.1) is 11.8 Å². The third-order valence-electron chi connectivity index (χ3n) is 2.64. The van der Waals surface area contributed by atoms with Gasteiger partial charge in [0.15, 0.2) is 0 Å². The number of hydrogen-bond donors (Lipinski definition) is 1. The molecule has 4 heteroatoms. The molecule has 0 radical (unpaired) electrons. The van der Waals surface area contributed by atoms with Gasteiger partial charge in [-0.25, -0.2) is 0 Å². The van der Waals surface area contributed by atoms with Crippen molar-refractivity contribution in [3.63, 3.8) is 0 Å². The topological polar surface area (TPSA) is 12.0 Å². The summed E-state index contributed by atoms with van der Waals surface area (Å²) in [6.07, 6.45) is -1.80. The number of halogens is 3. The maximum absolute atomic E-state index is 12.2. The summed E-state index contributed by atoms with van der Waals surface area (Å²) >= 11 is 0. The second-order valence-corrected chi connectivity index (χ2v) is 3.89. The van der Waals surface area contributed by atoms with Crippen LogP contribution in [0.4, 0.5) is 13.2 Å². The van der Waals surface area contributed by atoms with Crippen molar-refractivity contribution >= 4 is 0 Å². The van der Waals surface area contributed by atoms with Gasteiger partial charge in [-0.1, -0.05) is 6.92 Å². The molecule has 0 aromatic carbocycles. The van der Waals surface area contributed by atoms with Gasteiger partial charge in [0.2, 0.25) is 0 Å². The Morgan fingerprint density at radius 3 is 2.62 bits per heavy atom. The lowest BCUT2D eigenvalue weighted by atomic mass is 9.89. The number of alkyl halides is 3. The monoisotopic (exact) mass is 195 g/mol. The van der Waals surface area contributed by atoms with Crippen LogP contribution in [-0.2, 0) is 0 Å². The summed E-state index contributed by atoms with van der Waals surface area (Å²) in [5, 5.41) is 3.12. The van der Waals surface area contributed by atoms with E-state index in [0.29, 0.717) is 0 Å². The highest BCUT2D eigenvalue weighted by Crippen LogP contribution is 2.32. The number of piperidine rings is 1. The fraction of sp³-hybridized carbons (Fsp3) is 1.00. The Hall–Kier alpha value is -0.250. The maximum atomic E-state index is 12.2. The minimum Gasteiger partial charge on any atom is -0.316 e. The Kier molecular flexibility index (Phi) is 3.59. The molecule has 0 aromatic rings. The zero-order chi connectivity index (χ0) is 9.90. The van der Waals surface area contributed by atoms with Crippen LogP contribution >= 0.6 is 0 Å². The number of hydrogen-bond acceptors (Lipinski definition) is 1. The van der Waals surface area contributed by atoms with Gasteiger partial charge in [0.1, 0.15) is 0 Å². The summed E-state index contributed by atoms with van der Waals surface area (Å²) in [7, 11) is 0. The lowest BCUT2D eigenvalue weighted by molar-refractivity contribution is -0.174. The molecule has 0 bridgehead atoms. The first-order chi connectivity index (χ1) is 6.00. The largest absolute Gasteiger partial charge is 0.391 e. The first-order valence-corrected chi connectivity index (χ1v) is 4.77. The molecule has 1 nitrogen and oxygen atoms in total. The second kappa shape index (κ2) is 4.31. The average Bonchev–Trinajstić information content (AvgIpc) is 2.04. The molecule has 1 rings (SSSR count). The summed E-state index contributed by atoms with van der Waals surface area (Å²) in [4.78, 5) is 0. The lowest BCUT2D eigenvalue weighted by Gasteiger charge is -2.26. The summed E-state index contributed by atoms with van der Waals surface area (Å²) in [5.74, 6) is -0.942. The smallest absolute Gasteiger partial charge is 0.316 e. The fourth-order valence-corrected chi connectivity index (χ4v) is 1.76. The molecule has 0 aliphatic carbocycles. The van der Waals surface area contributed by atoms with Gasteiger partial charge in [-0.3, -0.25) is 0 Å². The highest BCUT2D eigenvalue weighted by atomic mass is 19.4. The van der Waals surface area contributed by atoms with Gasteiger partial charge < -0.3 is 5.32 Å². The SMILES string of the molecule is CC(CC1CCCNC1)C(F)(F)F. The molecule has 13 heavy (non-hydrogen) atoms. The summed E-state index contributed by atoms with van der Waals surface area (Å²) < 4.78 is 36.6. The molecule has 1 aliphatic heterocycles. The molecule has 78 valence electrons. The zero-order valence-corrected chi connectivity index (χ0v) is 7.82. The zero-order valence-electron chi connectivity index (χ0n) is 7.82. The second-order valence-electron chi connectivity index (χ2n) is 3.89. The summed E-state index contributed by atoms with van der Waals surface area (Å²) in [5.41, 5.74) is 0. The van der Waals surface area contributed by atoms with Gasteiger partial charge in [-0.05, 0) is 38.3 Å². The highest BCUT2D eigenvalue weighted by Gasteiger charge is 2.37. The van der Waals surface area contributed by atoms with E-state index >= 15 is 0 Å². The van der Waals surface area contributed by atoms with Gasteiger partial charge in [0, 0.05) is 0 Å². The highest BCUT2D eigenvalue weighted by molar-refractivity contribution is 4.73. The molecule has 0 amide bonds. The van der Waals surface area contributed by atoms with E-state index in [1.165, 1.54) is 6.92 Å². The van der Waals surface area contributed by atoms with Crippen LogP contribution in [-0.4, -0.2) is 19.3 Å². The van der Waals surface area contributed by atoms with E-state index in [0.717, 1.165) is 25.9 Å².